The summed E-state index contributed by atoms with van der Waals surface area (Å²) in [4.78, 5) is 15.4. The maximum Gasteiger partial charge on any atom is 0.182 e. The third-order valence-electron chi connectivity index (χ3n) is 6.25. The predicted molar refractivity (Wildman–Crippen MR) is 105 cm³/mol. The molecule has 2 aromatic carbocycles. The SMILES string of the molecule is CN1C2CCC1c1c(n(CC(=O)c3ccc(F)cc3)c3ccc(Cl)cc13)C2. The van der Waals surface area contributed by atoms with Crippen LogP contribution in [0.15, 0.2) is 42.5 Å². The molecule has 3 nitrogen and oxygen atoms in total. The Balaban J connectivity index is 1.63. The molecule has 5 rings (SSSR count). The summed E-state index contributed by atoms with van der Waals surface area (Å²) in [6, 6.07) is 12.6. The molecule has 0 amide bonds. The molecule has 0 radical (unpaired) electrons. The Morgan fingerprint density at radius 1 is 1.19 bits per heavy atom. The van der Waals surface area contributed by atoms with Gasteiger partial charge in [-0.05, 0) is 67.9 Å². The molecule has 138 valence electrons. The van der Waals surface area contributed by atoms with Crippen LogP contribution in [-0.4, -0.2) is 28.3 Å². The predicted octanol–water partition coefficient (Wildman–Crippen LogP) is 5.01. The van der Waals surface area contributed by atoms with E-state index in [4.69, 9.17) is 11.6 Å². The fraction of sp³-hybridized carbons (Fsp3) is 0.318. The van der Waals surface area contributed by atoms with Crippen molar-refractivity contribution in [3.63, 3.8) is 0 Å². The standard InChI is InChI=1S/C22H20ClFN2O/c1-25-16-7-9-19(25)22-17-10-14(23)4-8-18(17)26(20(22)11-16)12-21(27)13-2-5-15(24)6-3-13/h2-6,8,10,16,19H,7,9,11-12H2,1H3. The zero-order valence-electron chi connectivity index (χ0n) is 15.1. The Morgan fingerprint density at radius 2 is 1.96 bits per heavy atom. The van der Waals surface area contributed by atoms with Gasteiger partial charge in [0.2, 0.25) is 0 Å². The van der Waals surface area contributed by atoms with Crippen molar-refractivity contribution in [2.24, 2.45) is 0 Å². The summed E-state index contributed by atoms with van der Waals surface area (Å²) in [5.41, 5.74) is 4.18. The van der Waals surface area contributed by atoms with Gasteiger partial charge >= 0.3 is 0 Å². The molecular formula is C22H20ClFN2O. The molecule has 0 saturated carbocycles. The van der Waals surface area contributed by atoms with E-state index in [0.717, 1.165) is 28.8 Å². The minimum atomic E-state index is -0.329. The van der Waals surface area contributed by atoms with Crippen molar-refractivity contribution < 1.29 is 9.18 Å². The number of halogens is 2. The number of aromatic nitrogens is 1. The summed E-state index contributed by atoms with van der Waals surface area (Å²) >= 11 is 6.30. The van der Waals surface area contributed by atoms with Gasteiger partial charge in [-0.25, -0.2) is 4.39 Å². The average Bonchev–Trinajstić information content (AvgIpc) is 3.06. The Labute approximate surface area is 162 Å². The number of hydrogen-bond donors (Lipinski definition) is 0. The highest BCUT2D eigenvalue weighted by molar-refractivity contribution is 6.31. The number of nitrogens with zero attached hydrogens (tertiary/aromatic N) is 2. The van der Waals surface area contributed by atoms with E-state index in [0.29, 0.717) is 17.6 Å². The normalized spacial score (nSPS) is 21.6. The van der Waals surface area contributed by atoms with Gasteiger partial charge < -0.3 is 4.57 Å². The van der Waals surface area contributed by atoms with Crippen molar-refractivity contribution in [2.75, 3.05) is 7.05 Å². The van der Waals surface area contributed by atoms with Crippen LogP contribution in [0.5, 0.6) is 0 Å². The van der Waals surface area contributed by atoms with Crippen LogP contribution >= 0.6 is 11.6 Å². The lowest BCUT2D eigenvalue weighted by Gasteiger charge is -2.32. The molecule has 1 saturated heterocycles. The van der Waals surface area contributed by atoms with Crippen molar-refractivity contribution >= 4 is 28.3 Å². The molecule has 0 N–H and O–H groups in total. The molecule has 5 heteroatoms. The Morgan fingerprint density at radius 3 is 2.74 bits per heavy atom. The minimum absolute atomic E-state index is 0.00377. The fourth-order valence-electron chi connectivity index (χ4n) is 4.88. The van der Waals surface area contributed by atoms with E-state index in [1.165, 1.54) is 29.8 Å². The van der Waals surface area contributed by atoms with Crippen LogP contribution in [0.25, 0.3) is 10.9 Å². The lowest BCUT2D eigenvalue weighted by atomic mass is 9.97. The summed E-state index contributed by atoms with van der Waals surface area (Å²) < 4.78 is 15.4. The molecule has 0 aliphatic carbocycles. The number of carbonyl (C=O) groups is 1. The first-order valence-corrected chi connectivity index (χ1v) is 9.72. The molecule has 2 atom stereocenters. The van der Waals surface area contributed by atoms with Gasteiger partial charge in [0.15, 0.2) is 5.78 Å². The Kier molecular flexibility index (Phi) is 3.88. The van der Waals surface area contributed by atoms with E-state index in [2.05, 4.69) is 16.5 Å². The monoisotopic (exact) mass is 382 g/mol. The number of likely N-dealkylation sites (N-methyl/N-ethyl adjacent to an activating group) is 1. The number of fused-ring (bicyclic) bond motifs is 6. The quantitative estimate of drug-likeness (QED) is 0.595. The van der Waals surface area contributed by atoms with Crippen molar-refractivity contribution in [1.82, 2.24) is 9.47 Å². The maximum absolute atomic E-state index is 13.2. The van der Waals surface area contributed by atoms with Crippen LogP contribution in [0.2, 0.25) is 5.02 Å². The maximum atomic E-state index is 13.2. The summed E-state index contributed by atoms with van der Waals surface area (Å²) in [7, 11) is 2.20. The molecule has 1 fully saturated rings. The molecule has 1 aromatic heterocycles. The summed E-state index contributed by atoms with van der Waals surface area (Å²) in [5, 5.41) is 1.87. The van der Waals surface area contributed by atoms with Gasteiger partial charge in [-0.15, -0.1) is 0 Å². The highest BCUT2D eigenvalue weighted by Gasteiger charge is 2.40. The lowest BCUT2D eigenvalue weighted by Crippen LogP contribution is -2.35. The van der Waals surface area contributed by atoms with Crippen LogP contribution in [0, 0.1) is 5.82 Å². The van der Waals surface area contributed by atoms with Gasteiger partial charge in [0.1, 0.15) is 5.82 Å². The summed E-state index contributed by atoms with van der Waals surface area (Å²) in [6.07, 6.45) is 3.28. The molecule has 2 bridgehead atoms. The van der Waals surface area contributed by atoms with Crippen molar-refractivity contribution in [3.05, 3.63) is 70.1 Å². The van der Waals surface area contributed by atoms with Gasteiger partial charge in [0, 0.05) is 45.7 Å². The topological polar surface area (TPSA) is 25.2 Å². The Bertz CT molecular complexity index is 1060. The van der Waals surface area contributed by atoms with E-state index in [-0.39, 0.29) is 18.1 Å². The second-order valence-corrected chi connectivity index (χ2v) is 8.09. The van der Waals surface area contributed by atoms with E-state index in [9.17, 15) is 9.18 Å². The number of benzene rings is 2. The first-order valence-electron chi connectivity index (χ1n) is 9.34. The largest absolute Gasteiger partial charge is 0.336 e. The molecular weight excluding hydrogens is 363 g/mol. The molecule has 2 unspecified atom stereocenters. The van der Waals surface area contributed by atoms with E-state index in [1.807, 2.05) is 18.2 Å². The fourth-order valence-corrected chi connectivity index (χ4v) is 5.05. The van der Waals surface area contributed by atoms with Crippen LogP contribution in [0.3, 0.4) is 0 Å². The number of carbonyl (C=O) groups excluding carboxylic acids is 1. The van der Waals surface area contributed by atoms with E-state index < -0.39 is 0 Å². The molecule has 2 aliphatic rings. The van der Waals surface area contributed by atoms with Gasteiger partial charge in [-0.1, -0.05) is 11.6 Å². The van der Waals surface area contributed by atoms with Gasteiger partial charge in [0.25, 0.3) is 0 Å². The first kappa shape index (κ1) is 17.0. The van der Waals surface area contributed by atoms with Gasteiger partial charge in [-0.2, -0.15) is 0 Å². The van der Waals surface area contributed by atoms with Gasteiger partial charge in [0.05, 0.1) is 6.54 Å². The molecule has 3 heterocycles. The highest BCUT2D eigenvalue weighted by atomic mass is 35.5. The summed E-state index contributed by atoms with van der Waals surface area (Å²) in [6.45, 7) is 0.266. The first-order chi connectivity index (χ1) is 13.0. The zero-order chi connectivity index (χ0) is 18.7. The van der Waals surface area contributed by atoms with Crippen LogP contribution < -0.4 is 0 Å². The summed E-state index contributed by atoms with van der Waals surface area (Å²) in [5.74, 6) is -0.333. The second kappa shape index (κ2) is 6.18. The van der Waals surface area contributed by atoms with Gasteiger partial charge in [-0.3, -0.25) is 9.69 Å². The molecule has 0 spiro atoms. The molecule has 2 aliphatic heterocycles. The number of ketones is 1. The Hall–Kier alpha value is -2.17. The second-order valence-electron chi connectivity index (χ2n) is 7.65. The molecule has 27 heavy (non-hydrogen) atoms. The number of hydrogen-bond acceptors (Lipinski definition) is 2. The van der Waals surface area contributed by atoms with E-state index >= 15 is 0 Å². The number of rotatable bonds is 3. The van der Waals surface area contributed by atoms with Crippen molar-refractivity contribution in [1.29, 1.82) is 0 Å². The van der Waals surface area contributed by atoms with Crippen LogP contribution in [0.4, 0.5) is 4.39 Å². The third kappa shape index (κ3) is 2.62. The zero-order valence-corrected chi connectivity index (χ0v) is 15.8. The van der Waals surface area contributed by atoms with Crippen LogP contribution in [-0.2, 0) is 13.0 Å². The average molecular weight is 383 g/mol. The highest BCUT2D eigenvalue weighted by Crippen LogP contribution is 2.47. The number of Topliss-reactive ketones (excluding diaryl/α,β-unsaturated/α-hetero) is 1. The minimum Gasteiger partial charge on any atom is -0.336 e. The van der Waals surface area contributed by atoms with Crippen molar-refractivity contribution in [3.8, 4) is 0 Å². The van der Waals surface area contributed by atoms with Crippen molar-refractivity contribution in [2.45, 2.75) is 37.9 Å². The van der Waals surface area contributed by atoms with Crippen LogP contribution in [0.1, 0.15) is 40.5 Å². The molecule has 3 aromatic rings. The smallest absolute Gasteiger partial charge is 0.182 e. The van der Waals surface area contributed by atoms with E-state index in [1.54, 1.807) is 12.1 Å². The third-order valence-corrected chi connectivity index (χ3v) is 6.48. The lowest BCUT2D eigenvalue weighted by molar-refractivity contribution is 0.0971.